The Bertz CT molecular complexity index is 517. The molecule has 1 aromatic carbocycles. The van der Waals surface area contributed by atoms with Gasteiger partial charge in [-0.15, -0.1) is 0 Å². The lowest BCUT2D eigenvalue weighted by atomic mass is 9.81. The highest BCUT2D eigenvalue weighted by Crippen LogP contribution is 2.29. The monoisotopic (exact) mass is 325 g/mol. The van der Waals surface area contributed by atoms with Gasteiger partial charge in [-0.3, -0.25) is 9.59 Å². The summed E-state index contributed by atoms with van der Waals surface area (Å²) in [5.74, 6) is -0.781. The van der Waals surface area contributed by atoms with Crippen LogP contribution in [0.25, 0.3) is 0 Å². The predicted octanol–water partition coefficient (Wildman–Crippen LogP) is 2.73. The van der Waals surface area contributed by atoms with Crippen molar-refractivity contribution in [2.75, 3.05) is 13.2 Å². The number of aliphatic carboxylic acids is 1. The molecule has 0 aromatic heterocycles. The Balaban J connectivity index is 1.69. The molecule has 2 rings (SSSR count). The first kappa shape index (κ1) is 16.6. The fraction of sp³-hybridized carbons (Fsp3) is 0.500. The highest BCUT2D eigenvalue weighted by molar-refractivity contribution is 6.30. The lowest BCUT2D eigenvalue weighted by Crippen LogP contribution is -2.37. The minimum Gasteiger partial charge on any atom is -0.492 e. The molecule has 0 saturated heterocycles. The first-order chi connectivity index (χ1) is 10.6. The van der Waals surface area contributed by atoms with Gasteiger partial charge in [0.25, 0.3) is 0 Å². The molecule has 0 radical (unpaired) electrons. The normalized spacial score (nSPS) is 21.1. The van der Waals surface area contributed by atoms with E-state index in [1.54, 1.807) is 24.3 Å². The van der Waals surface area contributed by atoms with Crippen molar-refractivity contribution in [3.05, 3.63) is 29.3 Å². The second kappa shape index (κ2) is 8.03. The smallest absolute Gasteiger partial charge is 0.306 e. The first-order valence-corrected chi connectivity index (χ1v) is 7.83. The lowest BCUT2D eigenvalue weighted by Gasteiger charge is -2.25. The molecule has 2 unspecified atom stereocenters. The van der Waals surface area contributed by atoms with Crippen LogP contribution in [0.15, 0.2) is 24.3 Å². The summed E-state index contributed by atoms with van der Waals surface area (Å²) in [7, 11) is 0. The molecule has 0 aliphatic heterocycles. The van der Waals surface area contributed by atoms with Gasteiger partial charge in [0.1, 0.15) is 12.4 Å². The summed E-state index contributed by atoms with van der Waals surface area (Å²) in [5, 5.41) is 12.5. The minimum atomic E-state index is -0.802. The Morgan fingerprint density at radius 3 is 2.59 bits per heavy atom. The third-order valence-corrected chi connectivity index (χ3v) is 4.13. The summed E-state index contributed by atoms with van der Waals surface area (Å²) in [6.45, 7) is 0.762. The maximum absolute atomic E-state index is 12.0. The van der Waals surface area contributed by atoms with Crippen molar-refractivity contribution in [3.63, 3.8) is 0 Å². The summed E-state index contributed by atoms with van der Waals surface area (Å²) in [6.07, 6.45) is 2.64. The highest BCUT2D eigenvalue weighted by Gasteiger charge is 2.30. The van der Waals surface area contributed by atoms with Crippen LogP contribution < -0.4 is 10.1 Å². The van der Waals surface area contributed by atoms with E-state index in [1.165, 1.54) is 0 Å². The van der Waals surface area contributed by atoms with Gasteiger partial charge in [0, 0.05) is 10.9 Å². The Morgan fingerprint density at radius 2 is 1.91 bits per heavy atom. The molecule has 22 heavy (non-hydrogen) atoms. The number of hydrogen-bond donors (Lipinski definition) is 2. The number of ether oxygens (including phenoxy) is 1. The van der Waals surface area contributed by atoms with Crippen LogP contribution in [-0.2, 0) is 9.59 Å². The van der Waals surface area contributed by atoms with Gasteiger partial charge in [0.15, 0.2) is 0 Å². The number of nitrogens with one attached hydrogen (secondary N) is 1. The van der Waals surface area contributed by atoms with Crippen molar-refractivity contribution in [3.8, 4) is 5.75 Å². The SMILES string of the molecule is O=C(O)C1CCCC(C(=O)NCCOc2ccc(Cl)cc2)C1. The van der Waals surface area contributed by atoms with Crippen LogP contribution >= 0.6 is 11.6 Å². The number of halogens is 1. The third kappa shape index (κ3) is 4.91. The average molecular weight is 326 g/mol. The van der Waals surface area contributed by atoms with Crippen LogP contribution in [0.5, 0.6) is 5.75 Å². The summed E-state index contributed by atoms with van der Waals surface area (Å²) < 4.78 is 5.49. The Morgan fingerprint density at radius 1 is 1.23 bits per heavy atom. The van der Waals surface area contributed by atoms with Crippen LogP contribution in [-0.4, -0.2) is 30.1 Å². The number of carbonyl (C=O) groups excluding carboxylic acids is 1. The molecule has 1 amide bonds. The fourth-order valence-electron chi connectivity index (χ4n) is 2.67. The molecule has 1 fully saturated rings. The second-order valence-electron chi connectivity index (χ2n) is 5.49. The Labute approximate surface area is 134 Å². The molecule has 0 spiro atoms. The van der Waals surface area contributed by atoms with E-state index in [9.17, 15) is 9.59 Å². The number of carbonyl (C=O) groups is 2. The molecule has 0 heterocycles. The topological polar surface area (TPSA) is 75.6 Å². The highest BCUT2D eigenvalue weighted by atomic mass is 35.5. The van der Waals surface area contributed by atoms with E-state index in [0.717, 1.165) is 12.8 Å². The quantitative estimate of drug-likeness (QED) is 0.788. The molecule has 1 aliphatic carbocycles. The molecule has 2 N–H and O–H groups in total. The number of rotatable bonds is 6. The largest absolute Gasteiger partial charge is 0.492 e. The molecule has 0 bridgehead atoms. The van der Waals surface area contributed by atoms with Crippen molar-refractivity contribution >= 4 is 23.5 Å². The Hall–Kier alpha value is -1.75. The molecule has 1 saturated carbocycles. The van der Waals surface area contributed by atoms with Gasteiger partial charge >= 0.3 is 5.97 Å². The minimum absolute atomic E-state index is 0.0781. The summed E-state index contributed by atoms with van der Waals surface area (Å²) in [5.41, 5.74) is 0. The van der Waals surface area contributed by atoms with Crippen molar-refractivity contribution in [2.24, 2.45) is 11.8 Å². The molecular weight excluding hydrogens is 306 g/mol. The van der Waals surface area contributed by atoms with Gasteiger partial charge in [-0.2, -0.15) is 0 Å². The predicted molar refractivity (Wildman–Crippen MR) is 83.0 cm³/mol. The number of carboxylic acid groups (broad SMARTS) is 1. The van der Waals surface area contributed by atoms with E-state index >= 15 is 0 Å². The summed E-state index contributed by atoms with van der Waals surface area (Å²) >= 11 is 5.78. The molecule has 5 nitrogen and oxygen atoms in total. The molecular formula is C16H20ClNO4. The van der Waals surface area contributed by atoms with Gasteiger partial charge in [-0.05, 0) is 43.5 Å². The standard InChI is InChI=1S/C16H20ClNO4/c17-13-4-6-14(7-5-13)22-9-8-18-15(19)11-2-1-3-12(10-11)16(20)21/h4-7,11-12H,1-3,8-10H2,(H,18,19)(H,20,21). The van der Waals surface area contributed by atoms with Gasteiger partial charge in [-0.25, -0.2) is 0 Å². The zero-order valence-electron chi connectivity index (χ0n) is 12.3. The molecule has 1 aromatic rings. The van der Waals surface area contributed by atoms with Crippen LogP contribution in [0, 0.1) is 11.8 Å². The fourth-order valence-corrected chi connectivity index (χ4v) is 2.80. The van der Waals surface area contributed by atoms with Gasteiger partial charge < -0.3 is 15.2 Å². The van der Waals surface area contributed by atoms with Crippen molar-refractivity contribution in [1.82, 2.24) is 5.32 Å². The zero-order chi connectivity index (χ0) is 15.9. The van der Waals surface area contributed by atoms with Gasteiger partial charge in [0.05, 0.1) is 12.5 Å². The number of carboxylic acids is 1. The van der Waals surface area contributed by atoms with Gasteiger partial charge in [-0.1, -0.05) is 18.0 Å². The van der Waals surface area contributed by atoms with E-state index in [4.69, 9.17) is 21.4 Å². The molecule has 120 valence electrons. The third-order valence-electron chi connectivity index (χ3n) is 3.88. The van der Waals surface area contributed by atoms with Crippen LogP contribution in [0.1, 0.15) is 25.7 Å². The van der Waals surface area contributed by atoms with Crippen molar-refractivity contribution in [1.29, 1.82) is 0 Å². The maximum Gasteiger partial charge on any atom is 0.306 e. The molecule has 2 atom stereocenters. The van der Waals surface area contributed by atoms with E-state index in [0.29, 0.717) is 36.8 Å². The van der Waals surface area contributed by atoms with Crippen LogP contribution in [0.2, 0.25) is 5.02 Å². The maximum atomic E-state index is 12.0. The van der Waals surface area contributed by atoms with Crippen molar-refractivity contribution in [2.45, 2.75) is 25.7 Å². The van der Waals surface area contributed by atoms with E-state index in [-0.39, 0.29) is 11.8 Å². The summed E-state index contributed by atoms with van der Waals surface area (Å²) in [6, 6.07) is 7.01. The van der Waals surface area contributed by atoms with Crippen LogP contribution in [0.3, 0.4) is 0 Å². The molecule has 6 heteroatoms. The Kier molecular flexibility index (Phi) is 6.07. The first-order valence-electron chi connectivity index (χ1n) is 7.45. The second-order valence-corrected chi connectivity index (χ2v) is 5.93. The number of hydrogen-bond acceptors (Lipinski definition) is 3. The lowest BCUT2D eigenvalue weighted by molar-refractivity contribution is -0.144. The summed E-state index contributed by atoms with van der Waals surface area (Å²) in [4.78, 5) is 23.0. The number of benzene rings is 1. The van der Waals surface area contributed by atoms with Crippen LogP contribution in [0.4, 0.5) is 0 Å². The van der Waals surface area contributed by atoms with E-state index < -0.39 is 11.9 Å². The number of amides is 1. The average Bonchev–Trinajstić information content (AvgIpc) is 2.53. The van der Waals surface area contributed by atoms with E-state index in [1.807, 2.05) is 0 Å². The van der Waals surface area contributed by atoms with E-state index in [2.05, 4.69) is 5.32 Å². The molecule has 1 aliphatic rings. The van der Waals surface area contributed by atoms with Crippen molar-refractivity contribution < 1.29 is 19.4 Å². The zero-order valence-corrected chi connectivity index (χ0v) is 13.0. The van der Waals surface area contributed by atoms with Gasteiger partial charge in [0.2, 0.25) is 5.91 Å².